The third-order valence-electron chi connectivity index (χ3n) is 2.74. The van der Waals surface area contributed by atoms with Crippen LogP contribution < -0.4 is 5.32 Å². The van der Waals surface area contributed by atoms with Gasteiger partial charge in [-0.05, 0) is 24.5 Å². The molecule has 1 aromatic heterocycles. The van der Waals surface area contributed by atoms with Gasteiger partial charge < -0.3 is 10.4 Å². The Hall–Kier alpha value is -1.91. The molecule has 104 valence electrons. The molecule has 1 amide bonds. The molecule has 0 saturated heterocycles. The van der Waals surface area contributed by atoms with E-state index in [1.165, 1.54) is 18.3 Å². The summed E-state index contributed by atoms with van der Waals surface area (Å²) in [4.78, 5) is 26.0. The predicted octanol–water partition coefficient (Wildman–Crippen LogP) is 2.34. The largest absolute Gasteiger partial charge is 0.477 e. The highest BCUT2D eigenvalue weighted by molar-refractivity contribution is 5.94. The lowest BCUT2D eigenvalue weighted by atomic mass is 10.1. The van der Waals surface area contributed by atoms with Crippen molar-refractivity contribution in [1.29, 1.82) is 0 Å². The summed E-state index contributed by atoms with van der Waals surface area (Å²) in [5.74, 6) is -0.627. The molecule has 0 aliphatic heterocycles. The monoisotopic (exact) mass is 264 g/mol. The molecule has 0 radical (unpaired) electrons. The second-order valence-electron chi connectivity index (χ2n) is 4.88. The second-order valence-corrected chi connectivity index (χ2v) is 4.88. The van der Waals surface area contributed by atoms with E-state index >= 15 is 0 Å². The maximum absolute atomic E-state index is 11.7. The molecule has 0 bridgehead atoms. The minimum atomic E-state index is -1.10. The Bertz CT molecular complexity index is 427. The fraction of sp³-hybridized carbons (Fsp3) is 0.500. The van der Waals surface area contributed by atoms with Gasteiger partial charge in [-0.3, -0.25) is 4.79 Å². The second kappa shape index (κ2) is 7.51. The number of hydrogen-bond donors (Lipinski definition) is 2. The van der Waals surface area contributed by atoms with Gasteiger partial charge >= 0.3 is 5.97 Å². The minimum absolute atomic E-state index is 0.0616. The van der Waals surface area contributed by atoms with Crippen LogP contribution in [0, 0.1) is 5.92 Å². The lowest BCUT2D eigenvalue weighted by molar-refractivity contribution is 0.0689. The van der Waals surface area contributed by atoms with Crippen molar-refractivity contribution < 1.29 is 14.7 Å². The molecular weight excluding hydrogens is 244 g/mol. The summed E-state index contributed by atoms with van der Waals surface area (Å²) in [6, 6.07) is 2.80. The standard InChI is InChI=1S/C14H20N2O3/c1-10(2)5-3-4-8-15-13(17)11-6-7-12(14(18)19)16-9-11/h6-7,9-10H,3-5,8H2,1-2H3,(H,15,17)(H,18,19). The van der Waals surface area contributed by atoms with Crippen molar-refractivity contribution in [2.75, 3.05) is 6.54 Å². The number of hydrogen-bond acceptors (Lipinski definition) is 3. The molecule has 19 heavy (non-hydrogen) atoms. The number of nitrogens with one attached hydrogen (secondary N) is 1. The number of carboxylic acids is 1. The van der Waals surface area contributed by atoms with E-state index in [1.54, 1.807) is 0 Å². The van der Waals surface area contributed by atoms with Crippen LogP contribution in [0.5, 0.6) is 0 Å². The molecular formula is C14H20N2O3. The Balaban J connectivity index is 2.35. The number of carbonyl (C=O) groups is 2. The molecule has 1 rings (SSSR count). The van der Waals surface area contributed by atoms with Gasteiger partial charge in [-0.15, -0.1) is 0 Å². The summed E-state index contributed by atoms with van der Waals surface area (Å²) >= 11 is 0. The van der Waals surface area contributed by atoms with Gasteiger partial charge in [0.25, 0.3) is 5.91 Å². The van der Waals surface area contributed by atoms with E-state index in [0.29, 0.717) is 18.0 Å². The smallest absolute Gasteiger partial charge is 0.354 e. The Morgan fingerprint density at radius 3 is 2.58 bits per heavy atom. The number of carbonyl (C=O) groups excluding carboxylic acids is 1. The number of rotatable bonds is 7. The van der Waals surface area contributed by atoms with Gasteiger partial charge in [0, 0.05) is 12.7 Å². The van der Waals surface area contributed by atoms with Crippen LogP contribution in [-0.4, -0.2) is 28.5 Å². The highest BCUT2D eigenvalue weighted by atomic mass is 16.4. The van der Waals surface area contributed by atoms with Gasteiger partial charge in [-0.25, -0.2) is 9.78 Å². The van der Waals surface area contributed by atoms with Crippen LogP contribution in [0.2, 0.25) is 0 Å². The van der Waals surface area contributed by atoms with Gasteiger partial charge in [0.1, 0.15) is 5.69 Å². The highest BCUT2D eigenvalue weighted by Crippen LogP contribution is 2.05. The van der Waals surface area contributed by atoms with Gasteiger partial charge in [0.05, 0.1) is 5.56 Å². The lowest BCUT2D eigenvalue weighted by Gasteiger charge is -2.06. The van der Waals surface area contributed by atoms with E-state index in [0.717, 1.165) is 19.3 Å². The van der Waals surface area contributed by atoms with Crippen LogP contribution in [-0.2, 0) is 0 Å². The summed E-state index contributed by atoms with van der Waals surface area (Å²) in [6.45, 7) is 4.98. The number of aromatic carboxylic acids is 1. The van der Waals surface area contributed by atoms with Gasteiger partial charge in [-0.1, -0.05) is 26.7 Å². The zero-order chi connectivity index (χ0) is 14.3. The molecule has 0 aromatic carbocycles. The van der Waals surface area contributed by atoms with Crippen molar-refractivity contribution in [3.05, 3.63) is 29.6 Å². The molecule has 0 aliphatic rings. The lowest BCUT2D eigenvalue weighted by Crippen LogP contribution is -2.24. The average molecular weight is 264 g/mol. The average Bonchev–Trinajstić information content (AvgIpc) is 2.37. The third-order valence-corrected chi connectivity index (χ3v) is 2.74. The van der Waals surface area contributed by atoms with E-state index in [2.05, 4.69) is 24.1 Å². The van der Waals surface area contributed by atoms with Crippen LogP contribution >= 0.6 is 0 Å². The van der Waals surface area contributed by atoms with Crippen molar-refractivity contribution in [3.63, 3.8) is 0 Å². The van der Waals surface area contributed by atoms with Crippen molar-refractivity contribution >= 4 is 11.9 Å². The number of nitrogens with zero attached hydrogens (tertiary/aromatic N) is 1. The molecule has 0 aliphatic carbocycles. The van der Waals surface area contributed by atoms with E-state index in [-0.39, 0.29) is 11.6 Å². The molecule has 1 heterocycles. The van der Waals surface area contributed by atoms with Gasteiger partial charge in [0.15, 0.2) is 0 Å². The quantitative estimate of drug-likeness (QED) is 0.741. The Labute approximate surface area is 113 Å². The zero-order valence-electron chi connectivity index (χ0n) is 11.3. The van der Waals surface area contributed by atoms with E-state index in [4.69, 9.17) is 5.11 Å². The van der Waals surface area contributed by atoms with Crippen molar-refractivity contribution in [3.8, 4) is 0 Å². The molecule has 5 heteroatoms. The number of pyridine rings is 1. The molecule has 5 nitrogen and oxygen atoms in total. The summed E-state index contributed by atoms with van der Waals surface area (Å²) in [7, 11) is 0. The first-order chi connectivity index (χ1) is 9.00. The molecule has 1 aromatic rings. The Morgan fingerprint density at radius 1 is 1.32 bits per heavy atom. The summed E-state index contributed by atoms with van der Waals surface area (Å²) in [5, 5.41) is 11.5. The molecule has 0 atom stereocenters. The summed E-state index contributed by atoms with van der Waals surface area (Å²) in [6.07, 6.45) is 4.48. The van der Waals surface area contributed by atoms with Crippen LogP contribution in [0.4, 0.5) is 0 Å². The number of carboxylic acid groups (broad SMARTS) is 1. The molecule has 2 N–H and O–H groups in total. The van der Waals surface area contributed by atoms with E-state index < -0.39 is 5.97 Å². The van der Waals surface area contributed by atoms with Crippen molar-refractivity contribution in [2.45, 2.75) is 33.1 Å². The van der Waals surface area contributed by atoms with Crippen LogP contribution in [0.25, 0.3) is 0 Å². The fourth-order valence-corrected chi connectivity index (χ4v) is 1.64. The Morgan fingerprint density at radius 2 is 2.05 bits per heavy atom. The summed E-state index contributed by atoms with van der Waals surface area (Å²) in [5.41, 5.74) is 0.322. The number of aromatic nitrogens is 1. The normalized spacial score (nSPS) is 10.5. The number of unbranched alkanes of at least 4 members (excludes halogenated alkanes) is 1. The first-order valence-corrected chi connectivity index (χ1v) is 6.48. The SMILES string of the molecule is CC(C)CCCCNC(=O)c1ccc(C(=O)O)nc1. The topological polar surface area (TPSA) is 79.3 Å². The van der Waals surface area contributed by atoms with Gasteiger partial charge in [0.2, 0.25) is 0 Å². The van der Waals surface area contributed by atoms with Crippen LogP contribution in [0.15, 0.2) is 18.3 Å². The van der Waals surface area contributed by atoms with E-state index in [1.807, 2.05) is 0 Å². The van der Waals surface area contributed by atoms with Gasteiger partial charge in [-0.2, -0.15) is 0 Å². The predicted molar refractivity (Wildman–Crippen MR) is 72.2 cm³/mol. The molecule has 0 fully saturated rings. The maximum Gasteiger partial charge on any atom is 0.354 e. The third kappa shape index (κ3) is 5.50. The van der Waals surface area contributed by atoms with Crippen molar-refractivity contribution in [1.82, 2.24) is 10.3 Å². The molecule has 0 saturated carbocycles. The first kappa shape index (κ1) is 15.1. The van der Waals surface area contributed by atoms with Crippen LogP contribution in [0.1, 0.15) is 54.0 Å². The first-order valence-electron chi connectivity index (χ1n) is 6.48. The number of amides is 1. The van der Waals surface area contributed by atoms with E-state index in [9.17, 15) is 9.59 Å². The zero-order valence-corrected chi connectivity index (χ0v) is 11.3. The van der Waals surface area contributed by atoms with Crippen molar-refractivity contribution in [2.24, 2.45) is 5.92 Å². The fourth-order valence-electron chi connectivity index (χ4n) is 1.64. The minimum Gasteiger partial charge on any atom is -0.477 e. The molecule has 0 unspecified atom stereocenters. The van der Waals surface area contributed by atoms with Crippen LogP contribution in [0.3, 0.4) is 0 Å². The maximum atomic E-state index is 11.7. The Kier molecular flexibility index (Phi) is 5.99. The summed E-state index contributed by atoms with van der Waals surface area (Å²) < 4.78 is 0. The highest BCUT2D eigenvalue weighted by Gasteiger charge is 2.08. The molecule has 0 spiro atoms.